The molecule has 0 spiro atoms. The van der Waals surface area contributed by atoms with Gasteiger partial charge in [-0.05, 0) is 83.5 Å². The maximum atomic E-state index is 12.7. The van der Waals surface area contributed by atoms with Crippen LogP contribution >= 0.6 is 0 Å². The smallest absolute Gasteiger partial charge is 0.306 e. The van der Waals surface area contributed by atoms with E-state index in [-0.39, 0.29) is 31.1 Å². The fourth-order valence-electron chi connectivity index (χ4n) is 6.93. The highest BCUT2D eigenvalue weighted by atomic mass is 16.6. The third-order valence-corrected chi connectivity index (χ3v) is 10.9. The van der Waals surface area contributed by atoms with Crippen LogP contribution in [0.2, 0.25) is 0 Å². The van der Waals surface area contributed by atoms with Crippen molar-refractivity contribution in [2.75, 3.05) is 13.2 Å². The predicted molar refractivity (Wildman–Crippen MR) is 274 cm³/mol. The first-order valence-electron chi connectivity index (χ1n) is 26.2. The van der Waals surface area contributed by atoms with Gasteiger partial charge >= 0.3 is 17.9 Å². The lowest BCUT2D eigenvalue weighted by Crippen LogP contribution is -2.30. The Morgan fingerprint density at radius 3 is 0.953 bits per heavy atom. The Balaban J connectivity index is 4.30. The molecule has 0 saturated carbocycles. The Morgan fingerprint density at radius 1 is 0.328 bits per heavy atom. The highest BCUT2D eigenvalue weighted by molar-refractivity contribution is 5.71. The molecule has 0 rings (SSSR count). The zero-order valence-electron chi connectivity index (χ0n) is 41.5. The second-order valence-corrected chi connectivity index (χ2v) is 17.1. The number of ether oxygens (including phenoxy) is 3. The Labute approximate surface area is 394 Å². The van der Waals surface area contributed by atoms with Crippen LogP contribution in [0.25, 0.3) is 0 Å². The number of carbonyl (C=O) groups excluding carboxylic acids is 3. The molecule has 0 heterocycles. The van der Waals surface area contributed by atoms with Gasteiger partial charge in [-0.3, -0.25) is 14.4 Å². The molecule has 0 amide bonds. The van der Waals surface area contributed by atoms with Crippen molar-refractivity contribution in [3.63, 3.8) is 0 Å². The second kappa shape index (κ2) is 52.0. The highest BCUT2D eigenvalue weighted by Gasteiger charge is 2.19. The molecule has 0 aliphatic carbocycles. The maximum Gasteiger partial charge on any atom is 0.306 e. The lowest BCUT2D eigenvalue weighted by Gasteiger charge is -2.18. The molecule has 0 aliphatic heterocycles. The van der Waals surface area contributed by atoms with Crippen molar-refractivity contribution in [3.8, 4) is 0 Å². The van der Waals surface area contributed by atoms with Crippen LogP contribution in [0.5, 0.6) is 0 Å². The summed E-state index contributed by atoms with van der Waals surface area (Å²) < 4.78 is 16.7. The molecule has 6 nitrogen and oxygen atoms in total. The molecule has 0 N–H and O–H groups in total. The third kappa shape index (κ3) is 49.3. The normalized spacial score (nSPS) is 12.9. The lowest BCUT2D eigenvalue weighted by molar-refractivity contribution is -0.167. The van der Waals surface area contributed by atoms with E-state index in [2.05, 4.69) is 118 Å². The summed E-state index contributed by atoms with van der Waals surface area (Å²) in [7, 11) is 0. The minimum Gasteiger partial charge on any atom is -0.462 e. The summed E-state index contributed by atoms with van der Waals surface area (Å²) in [6.07, 6.45) is 68.4. The fourth-order valence-corrected chi connectivity index (χ4v) is 6.93. The average molecular weight is 889 g/mol. The monoisotopic (exact) mass is 889 g/mol. The van der Waals surface area contributed by atoms with E-state index >= 15 is 0 Å². The van der Waals surface area contributed by atoms with Crippen molar-refractivity contribution in [2.45, 2.75) is 239 Å². The van der Waals surface area contributed by atoms with Gasteiger partial charge in [0.1, 0.15) is 13.2 Å². The summed E-state index contributed by atoms with van der Waals surface area (Å²) in [5.41, 5.74) is 0. The number of hydrogen-bond donors (Lipinski definition) is 0. The second-order valence-electron chi connectivity index (χ2n) is 17.1. The fraction of sp³-hybridized carbons (Fsp3) is 0.672. The number of hydrogen-bond acceptors (Lipinski definition) is 6. The summed E-state index contributed by atoms with van der Waals surface area (Å²) in [5, 5.41) is 0. The van der Waals surface area contributed by atoms with E-state index in [4.69, 9.17) is 14.2 Å². The lowest BCUT2D eigenvalue weighted by atomic mass is 10.1. The minimum absolute atomic E-state index is 0.0893. The molecule has 0 aromatic carbocycles. The first-order chi connectivity index (χ1) is 31.5. The van der Waals surface area contributed by atoms with Crippen LogP contribution in [0.4, 0.5) is 0 Å². The zero-order valence-corrected chi connectivity index (χ0v) is 41.5. The molecule has 1 unspecified atom stereocenters. The third-order valence-electron chi connectivity index (χ3n) is 10.9. The van der Waals surface area contributed by atoms with Crippen LogP contribution in [-0.2, 0) is 28.6 Å². The number of carbonyl (C=O) groups is 3. The van der Waals surface area contributed by atoms with E-state index < -0.39 is 6.10 Å². The molecule has 1 atom stereocenters. The molecular formula is C58H96O6. The molecule has 0 aliphatic rings. The summed E-state index contributed by atoms with van der Waals surface area (Å²) >= 11 is 0. The molecule has 64 heavy (non-hydrogen) atoms. The van der Waals surface area contributed by atoms with E-state index in [9.17, 15) is 14.4 Å². The Bertz CT molecular complexity index is 1300. The summed E-state index contributed by atoms with van der Waals surface area (Å²) in [6.45, 7) is 6.44. The first-order valence-corrected chi connectivity index (χ1v) is 26.2. The van der Waals surface area contributed by atoms with Crippen LogP contribution < -0.4 is 0 Å². The molecule has 364 valence electrons. The van der Waals surface area contributed by atoms with E-state index in [1.54, 1.807) is 0 Å². The number of unbranched alkanes of at least 4 members (excludes halogenated alkanes) is 19. The average Bonchev–Trinajstić information content (AvgIpc) is 3.29. The Kier molecular flexibility index (Phi) is 49.0. The topological polar surface area (TPSA) is 78.9 Å². The molecule has 0 bridgehead atoms. The van der Waals surface area contributed by atoms with Crippen molar-refractivity contribution in [2.24, 2.45) is 0 Å². The molecular weight excluding hydrogens is 793 g/mol. The quantitative estimate of drug-likeness (QED) is 0.0262. The molecule has 0 saturated heterocycles. The zero-order chi connectivity index (χ0) is 46.5. The van der Waals surface area contributed by atoms with Crippen molar-refractivity contribution in [3.05, 3.63) is 97.2 Å². The largest absolute Gasteiger partial charge is 0.462 e. The molecule has 0 radical (unpaired) electrons. The summed E-state index contributed by atoms with van der Waals surface area (Å²) in [6, 6.07) is 0. The van der Waals surface area contributed by atoms with Gasteiger partial charge in [-0.1, -0.05) is 227 Å². The molecule has 0 aromatic heterocycles. The predicted octanol–water partition coefficient (Wildman–Crippen LogP) is 17.4. The van der Waals surface area contributed by atoms with Gasteiger partial charge in [0.2, 0.25) is 0 Å². The van der Waals surface area contributed by atoms with Gasteiger partial charge in [0.25, 0.3) is 0 Å². The van der Waals surface area contributed by atoms with Crippen molar-refractivity contribution in [1.82, 2.24) is 0 Å². The van der Waals surface area contributed by atoms with Crippen molar-refractivity contribution >= 4 is 17.9 Å². The SMILES string of the molecule is CC/C=C\C/C=C\C/C=C\C/C=C\C/C=C\C/C=C\C/C=C\C/C=C\CCCCC(=O)OCC(COC(=O)CCCCCCCCCCC)OC(=O)CCCCCCCCCCCC. The Hall–Kier alpha value is -3.67. The van der Waals surface area contributed by atoms with Crippen LogP contribution in [-0.4, -0.2) is 37.2 Å². The van der Waals surface area contributed by atoms with E-state index in [0.29, 0.717) is 19.3 Å². The molecule has 6 heteroatoms. The van der Waals surface area contributed by atoms with Gasteiger partial charge in [0.05, 0.1) is 0 Å². The summed E-state index contributed by atoms with van der Waals surface area (Å²) in [5.74, 6) is -0.942. The van der Waals surface area contributed by atoms with Gasteiger partial charge in [0.15, 0.2) is 6.10 Å². The minimum atomic E-state index is -0.790. The number of allylic oxidation sites excluding steroid dienone is 16. The first kappa shape index (κ1) is 60.3. The van der Waals surface area contributed by atoms with E-state index in [0.717, 1.165) is 109 Å². The van der Waals surface area contributed by atoms with Gasteiger partial charge in [-0.15, -0.1) is 0 Å². The van der Waals surface area contributed by atoms with E-state index in [1.165, 1.54) is 83.5 Å². The van der Waals surface area contributed by atoms with Gasteiger partial charge in [0, 0.05) is 19.3 Å². The highest BCUT2D eigenvalue weighted by Crippen LogP contribution is 2.14. The number of esters is 3. The van der Waals surface area contributed by atoms with Crippen molar-refractivity contribution in [1.29, 1.82) is 0 Å². The van der Waals surface area contributed by atoms with E-state index in [1.807, 2.05) is 0 Å². The van der Waals surface area contributed by atoms with Crippen molar-refractivity contribution < 1.29 is 28.6 Å². The maximum absolute atomic E-state index is 12.7. The van der Waals surface area contributed by atoms with Crippen LogP contribution in [0, 0.1) is 0 Å². The van der Waals surface area contributed by atoms with Crippen LogP contribution in [0.15, 0.2) is 97.2 Å². The molecule has 0 aromatic rings. The standard InChI is InChI=1S/C58H96O6/c1-4-7-10-13-16-19-21-22-23-24-25-26-27-28-29-30-31-32-33-34-35-36-37-40-42-45-48-51-57(60)63-54-55(53-62-56(59)50-47-44-41-38-18-15-12-9-6-3)64-58(61)52-49-46-43-39-20-17-14-11-8-5-2/h7,10,16,19,22-23,25-26,28-29,31-32,34-35,37,40,55H,4-6,8-9,11-15,17-18,20-21,24,27,30,33,36,38-39,41-54H2,1-3H3/b10-7-,19-16-,23-22-,26-25-,29-28-,32-31-,35-34-,40-37-. The number of rotatable bonds is 46. The Morgan fingerprint density at radius 2 is 0.609 bits per heavy atom. The van der Waals surface area contributed by atoms with Gasteiger partial charge < -0.3 is 14.2 Å². The summed E-state index contributed by atoms with van der Waals surface area (Å²) in [4.78, 5) is 37.8. The van der Waals surface area contributed by atoms with Crippen LogP contribution in [0.1, 0.15) is 233 Å². The molecule has 0 fully saturated rings. The van der Waals surface area contributed by atoms with Gasteiger partial charge in [-0.25, -0.2) is 0 Å². The van der Waals surface area contributed by atoms with Crippen LogP contribution in [0.3, 0.4) is 0 Å². The van der Waals surface area contributed by atoms with Gasteiger partial charge in [-0.2, -0.15) is 0 Å².